The van der Waals surface area contributed by atoms with Crippen LogP contribution in [0.25, 0.3) is 0 Å². The van der Waals surface area contributed by atoms with E-state index in [4.69, 9.17) is 11.6 Å². The van der Waals surface area contributed by atoms with Crippen molar-refractivity contribution in [1.29, 1.82) is 0 Å². The predicted octanol–water partition coefficient (Wildman–Crippen LogP) is 4.39. The summed E-state index contributed by atoms with van der Waals surface area (Å²) in [6, 6.07) is 17.1. The molecule has 1 atom stereocenters. The SMILES string of the molecule is CS(=O)(=O)Nc1ccccc1C1=NN(S(=O)(=O)c2cccc(Cl)c2)[C@H](c2ccc(F)cc2)C1. The first-order valence-corrected chi connectivity index (χ1v) is 13.5. The number of nitrogens with zero attached hydrogens (tertiary/aromatic N) is 2. The molecule has 1 aliphatic heterocycles. The van der Waals surface area contributed by atoms with Crippen molar-refractivity contribution in [3.05, 3.63) is 94.8 Å². The van der Waals surface area contributed by atoms with Gasteiger partial charge in [-0.1, -0.05) is 48.0 Å². The van der Waals surface area contributed by atoms with E-state index in [0.717, 1.165) is 10.7 Å². The maximum Gasteiger partial charge on any atom is 0.279 e. The minimum absolute atomic E-state index is 0.0466. The molecule has 0 bridgehead atoms. The van der Waals surface area contributed by atoms with E-state index in [1.54, 1.807) is 30.3 Å². The average Bonchev–Trinajstić information content (AvgIpc) is 3.20. The van der Waals surface area contributed by atoms with Crippen LogP contribution in [-0.2, 0) is 20.0 Å². The van der Waals surface area contributed by atoms with Crippen LogP contribution in [0.15, 0.2) is 82.8 Å². The number of hydrazone groups is 1. The topological polar surface area (TPSA) is 95.9 Å². The van der Waals surface area contributed by atoms with Gasteiger partial charge in [0.25, 0.3) is 10.0 Å². The van der Waals surface area contributed by atoms with Gasteiger partial charge in [-0.25, -0.2) is 12.8 Å². The van der Waals surface area contributed by atoms with Gasteiger partial charge in [0.1, 0.15) is 5.82 Å². The van der Waals surface area contributed by atoms with E-state index in [9.17, 15) is 21.2 Å². The zero-order valence-electron chi connectivity index (χ0n) is 17.3. The first-order chi connectivity index (χ1) is 15.5. The number of benzene rings is 3. The quantitative estimate of drug-likeness (QED) is 0.535. The number of para-hydroxylation sites is 1. The third kappa shape index (κ3) is 5.02. The van der Waals surface area contributed by atoms with E-state index >= 15 is 0 Å². The van der Waals surface area contributed by atoms with Crippen LogP contribution in [0.2, 0.25) is 5.02 Å². The zero-order valence-corrected chi connectivity index (χ0v) is 19.7. The van der Waals surface area contributed by atoms with E-state index in [2.05, 4.69) is 9.82 Å². The van der Waals surface area contributed by atoms with Gasteiger partial charge in [0.15, 0.2) is 0 Å². The molecular formula is C22H19ClFN3O4S2. The summed E-state index contributed by atoms with van der Waals surface area (Å²) >= 11 is 6.01. The number of hydrogen-bond acceptors (Lipinski definition) is 5. The lowest BCUT2D eigenvalue weighted by molar-refractivity contribution is 0.371. The third-order valence-electron chi connectivity index (χ3n) is 5.00. The van der Waals surface area contributed by atoms with Gasteiger partial charge in [-0.3, -0.25) is 4.72 Å². The Kier molecular flexibility index (Phi) is 6.17. The van der Waals surface area contributed by atoms with Crippen molar-refractivity contribution in [1.82, 2.24) is 4.41 Å². The van der Waals surface area contributed by atoms with E-state index < -0.39 is 31.9 Å². The molecule has 3 aromatic rings. The van der Waals surface area contributed by atoms with Crippen LogP contribution in [0.4, 0.5) is 10.1 Å². The van der Waals surface area contributed by atoms with E-state index in [0.29, 0.717) is 16.8 Å². The first-order valence-electron chi connectivity index (χ1n) is 9.75. The molecule has 0 radical (unpaired) electrons. The van der Waals surface area contributed by atoms with Gasteiger partial charge in [-0.2, -0.15) is 17.9 Å². The summed E-state index contributed by atoms with van der Waals surface area (Å²) < 4.78 is 67.6. The molecule has 0 saturated heterocycles. The molecule has 33 heavy (non-hydrogen) atoms. The van der Waals surface area contributed by atoms with E-state index in [1.807, 2.05) is 0 Å². The largest absolute Gasteiger partial charge is 0.283 e. The Morgan fingerprint density at radius 2 is 1.70 bits per heavy atom. The number of rotatable bonds is 6. The molecule has 4 rings (SSSR count). The van der Waals surface area contributed by atoms with E-state index in [1.165, 1.54) is 42.5 Å². The van der Waals surface area contributed by atoms with Gasteiger partial charge >= 0.3 is 0 Å². The molecule has 1 aliphatic rings. The van der Waals surface area contributed by atoms with Gasteiger partial charge in [-0.15, -0.1) is 0 Å². The Morgan fingerprint density at radius 1 is 1.00 bits per heavy atom. The standard InChI is InChI=1S/C22H19ClFN3O4S2/c1-32(28,29)26-20-8-3-2-7-19(20)21-14-22(15-9-11-17(24)12-10-15)27(25-21)33(30,31)18-6-4-5-16(23)13-18/h2-13,22,26H,14H2,1H3/t22-/m0/s1. The Balaban J connectivity index is 1.84. The highest BCUT2D eigenvalue weighted by molar-refractivity contribution is 7.92. The molecule has 0 fully saturated rings. The molecule has 1 heterocycles. The highest BCUT2D eigenvalue weighted by Gasteiger charge is 2.38. The van der Waals surface area contributed by atoms with Gasteiger partial charge in [0.05, 0.1) is 28.6 Å². The highest BCUT2D eigenvalue weighted by Crippen LogP contribution is 2.38. The minimum Gasteiger partial charge on any atom is -0.283 e. The fourth-order valence-corrected chi connectivity index (χ4v) is 5.88. The molecule has 172 valence electrons. The first kappa shape index (κ1) is 23.2. The van der Waals surface area contributed by atoms with Crippen LogP contribution < -0.4 is 4.72 Å². The molecule has 7 nitrogen and oxygen atoms in total. The molecule has 3 aromatic carbocycles. The Morgan fingerprint density at radius 3 is 2.36 bits per heavy atom. The fourth-order valence-electron chi connectivity index (χ4n) is 3.57. The van der Waals surface area contributed by atoms with Crippen molar-refractivity contribution in [3.63, 3.8) is 0 Å². The Hall–Kier alpha value is -2.95. The number of halogens is 2. The molecule has 1 N–H and O–H groups in total. The summed E-state index contributed by atoms with van der Waals surface area (Å²) in [5, 5.41) is 4.65. The van der Waals surface area contributed by atoms with Crippen LogP contribution in [0.3, 0.4) is 0 Å². The molecule has 11 heteroatoms. The third-order valence-corrected chi connectivity index (χ3v) is 7.51. The zero-order chi connectivity index (χ0) is 23.8. The van der Waals surface area contributed by atoms with Crippen molar-refractivity contribution in [2.45, 2.75) is 17.4 Å². The van der Waals surface area contributed by atoms with Gasteiger partial charge in [0.2, 0.25) is 10.0 Å². The monoisotopic (exact) mass is 507 g/mol. The van der Waals surface area contributed by atoms with Crippen molar-refractivity contribution in [2.24, 2.45) is 5.10 Å². The summed E-state index contributed by atoms with van der Waals surface area (Å²) in [6.07, 6.45) is 1.17. The molecule has 0 amide bonds. The van der Waals surface area contributed by atoms with Crippen LogP contribution >= 0.6 is 11.6 Å². The van der Waals surface area contributed by atoms with Crippen molar-refractivity contribution < 1.29 is 21.2 Å². The minimum atomic E-state index is -4.13. The number of sulfonamides is 2. The summed E-state index contributed by atoms with van der Waals surface area (Å²) in [7, 11) is -7.71. The summed E-state index contributed by atoms with van der Waals surface area (Å²) in [5.74, 6) is -0.454. The second-order valence-corrected chi connectivity index (χ2v) is 11.5. The Bertz CT molecular complexity index is 1440. The van der Waals surface area contributed by atoms with Crippen LogP contribution in [0.1, 0.15) is 23.6 Å². The lowest BCUT2D eigenvalue weighted by Gasteiger charge is -2.23. The maximum atomic E-state index is 13.5. The van der Waals surface area contributed by atoms with Crippen molar-refractivity contribution in [3.8, 4) is 0 Å². The smallest absolute Gasteiger partial charge is 0.279 e. The molecule has 0 saturated carbocycles. The van der Waals surface area contributed by atoms with Gasteiger partial charge in [0, 0.05) is 17.0 Å². The lowest BCUT2D eigenvalue weighted by Crippen LogP contribution is -2.27. The lowest BCUT2D eigenvalue weighted by atomic mass is 9.98. The highest BCUT2D eigenvalue weighted by atomic mass is 35.5. The van der Waals surface area contributed by atoms with Crippen molar-refractivity contribution >= 4 is 43.0 Å². The maximum absolute atomic E-state index is 13.5. The average molecular weight is 508 g/mol. The van der Waals surface area contributed by atoms with Crippen LogP contribution in [0, 0.1) is 5.82 Å². The normalized spacial score (nSPS) is 16.5. The van der Waals surface area contributed by atoms with Crippen LogP contribution in [-0.4, -0.2) is 33.2 Å². The molecule has 0 unspecified atom stereocenters. The number of anilines is 1. The van der Waals surface area contributed by atoms with Gasteiger partial charge in [-0.05, 0) is 42.0 Å². The molecular weight excluding hydrogens is 489 g/mol. The van der Waals surface area contributed by atoms with E-state index in [-0.39, 0.29) is 22.0 Å². The molecule has 0 aromatic heterocycles. The summed E-state index contributed by atoms with van der Waals surface area (Å²) in [5.41, 5.74) is 1.62. The van der Waals surface area contributed by atoms with Gasteiger partial charge < -0.3 is 0 Å². The fraction of sp³-hybridized carbons (Fsp3) is 0.136. The predicted molar refractivity (Wildman–Crippen MR) is 126 cm³/mol. The summed E-state index contributed by atoms with van der Waals surface area (Å²) in [6.45, 7) is 0. The number of hydrogen-bond donors (Lipinski definition) is 1. The van der Waals surface area contributed by atoms with Crippen LogP contribution in [0.5, 0.6) is 0 Å². The Labute approximate surface area is 196 Å². The molecule has 0 spiro atoms. The van der Waals surface area contributed by atoms with Crippen molar-refractivity contribution in [2.75, 3.05) is 11.0 Å². The summed E-state index contributed by atoms with van der Waals surface area (Å²) in [4.78, 5) is -0.0466. The number of nitrogens with one attached hydrogen (secondary N) is 1. The second kappa shape index (κ2) is 8.77. The molecule has 0 aliphatic carbocycles. The second-order valence-electron chi connectivity index (χ2n) is 7.47.